The average Bonchev–Trinajstić information content (AvgIpc) is 2.88. The van der Waals surface area contributed by atoms with Crippen LogP contribution in [0.5, 0.6) is 0 Å². The molecule has 0 saturated heterocycles. The van der Waals surface area contributed by atoms with Crippen molar-refractivity contribution in [3.63, 3.8) is 0 Å². The van der Waals surface area contributed by atoms with Crippen LogP contribution in [-0.4, -0.2) is 37.6 Å². The van der Waals surface area contributed by atoms with E-state index in [1.165, 1.54) is 35.7 Å². The van der Waals surface area contributed by atoms with Crippen molar-refractivity contribution >= 4 is 15.9 Å². The summed E-state index contributed by atoms with van der Waals surface area (Å²) in [6.45, 7) is 0. The van der Waals surface area contributed by atoms with E-state index >= 15 is 0 Å². The van der Waals surface area contributed by atoms with Crippen LogP contribution in [0.2, 0.25) is 0 Å². The zero-order valence-corrected chi connectivity index (χ0v) is 13.8. The Balaban J connectivity index is 2.22. The minimum absolute atomic E-state index is 0.310. The van der Waals surface area contributed by atoms with Crippen molar-refractivity contribution in [1.82, 2.24) is 10.2 Å². The summed E-state index contributed by atoms with van der Waals surface area (Å²) >= 11 is 3.68. The number of nitrogens with zero attached hydrogens (tertiary/aromatic N) is 1. The molecule has 106 valence electrons. The normalized spacial score (nSPS) is 19.8. The van der Waals surface area contributed by atoms with Crippen LogP contribution in [0.15, 0.2) is 28.7 Å². The summed E-state index contributed by atoms with van der Waals surface area (Å²) in [6, 6.07) is 9.08. The highest BCUT2D eigenvalue weighted by Gasteiger charge is 2.42. The first kappa shape index (κ1) is 15.0. The molecule has 1 aliphatic carbocycles. The first-order valence-corrected chi connectivity index (χ1v) is 7.97. The van der Waals surface area contributed by atoms with Crippen molar-refractivity contribution in [3.8, 4) is 0 Å². The highest BCUT2D eigenvalue weighted by Crippen LogP contribution is 2.38. The standard InChI is InChI=1S/C16H25BrN2/c1-18-15(12-13-8-4-5-9-14(13)17)16(19(2)3)10-6-7-11-16/h4-5,8-9,15,18H,6-7,10-12H2,1-3H3. The Bertz CT molecular complexity index is 411. The van der Waals surface area contributed by atoms with Crippen LogP contribution >= 0.6 is 15.9 Å². The van der Waals surface area contributed by atoms with E-state index in [-0.39, 0.29) is 0 Å². The fourth-order valence-electron chi connectivity index (χ4n) is 3.54. The Morgan fingerprint density at radius 1 is 1.26 bits per heavy atom. The van der Waals surface area contributed by atoms with Crippen LogP contribution in [0, 0.1) is 0 Å². The molecule has 3 heteroatoms. The van der Waals surface area contributed by atoms with Gasteiger partial charge in [0, 0.05) is 16.1 Å². The van der Waals surface area contributed by atoms with E-state index in [1.54, 1.807) is 0 Å². The molecule has 2 nitrogen and oxygen atoms in total. The number of halogens is 1. The summed E-state index contributed by atoms with van der Waals surface area (Å²) < 4.78 is 1.22. The van der Waals surface area contributed by atoms with Gasteiger partial charge in [-0.25, -0.2) is 0 Å². The van der Waals surface area contributed by atoms with Gasteiger partial charge in [0.2, 0.25) is 0 Å². The molecule has 1 aromatic carbocycles. The average molecular weight is 325 g/mol. The number of nitrogens with one attached hydrogen (secondary N) is 1. The smallest absolute Gasteiger partial charge is 0.0359 e. The Hall–Kier alpha value is -0.380. The fourth-order valence-corrected chi connectivity index (χ4v) is 3.99. The van der Waals surface area contributed by atoms with Gasteiger partial charge in [-0.15, -0.1) is 0 Å². The molecule has 0 spiro atoms. The molecule has 0 radical (unpaired) electrons. The maximum absolute atomic E-state index is 3.68. The van der Waals surface area contributed by atoms with Gasteiger partial charge in [0.1, 0.15) is 0 Å². The SMILES string of the molecule is CNC(Cc1ccccc1Br)C1(N(C)C)CCCC1. The van der Waals surface area contributed by atoms with Gasteiger partial charge in [-0.3, -0.25) is 0 Å². The van der Waals surface area contributed by atoms with Gasteiger partial charge >= 0.3 is 0 Å². The predicted octanol–water partition coefficient (Wildman–Crippen LogP) is 3.45. The Morgan fingerprint density at radius 3 is 2.42 bits per heavy atom. The van der Waals surface area contributed by atoms with E-state index in [4.69, 9.17) is 0 Å². The lowest BCUT2D eigenvalue weighted by molar-refractivity contribution is 0.108. The second kappa shape index (κ2) is 6.38. The van der Waals surface area contributed by atoms with Gasteiger partial charge in [0.25, 0.3) is 0 Å². The quantitative estimate of drug-likeness (QED) is 0.892. The summed E-state index contributed by atoms with van der Waals surface area (Å²) in [5.74, 6) is 0. The Labute approximate surface area is 125 Å². The molecule has 1 unspecified atom stereocenters. The van der Waals surface area contributed by atoms with E-state index in [9.17, 15) is 0 Å². The number of hydrogen-bond donors (Lipinski definition) is 1. The highest BCUT2D eigenvalue weighted by molar-refractivity contribution is 9.10. The molecule has 1 aromatic rings. The lowest BCUT2D eigenvalue weighted by atomic mass is 9.83. The molecule has 0 aliphatic heterocycles. The van der Waals surface area contributed by atoms with Crippen molar-refractivity contribution in [2.45, 2.75) is 43.7 Å². The molecule has 0 heterocycles. The van der Waals surface area contributed by atoms with Crippen molar-refractivity contribution in [1.29, 1.82) is 0 Å². The monoisotopic (exact) mass is 324 g/mol. The maximum Gasteiger partial charge on any atom is 0.0359 e. The molecular weight excluding hydrogens is 300 g/mol. The number of benzene rings is 1. The van der Waals surface area contributed by atoms with E-state index in [0.717, 1.165) is 6.42 Å². The molecule has 1 fully saturated rings. The van der Waals surface area contributed by atoms with Crippen LogP contribution < -0.4 is 5.32 Å². The third-order valence-corrected chi connectivity index (χ3v) is 5.51. The van der Waals surface area contributed by atoms with Crippen molar-refractivity contribution < 1.29 is 0 Å². The molecular formula is C16H25BrN2. The number of hydrogen-bond acceptors (Lipinski definition) is 2. The van der Waals surface area contributed by atoms with Crippen LogP contribution in [0.1, 0.15) is 31.2 Å². The van der Waals surface area contributed by atoms with Crippen molar-refractivity contribution in [2.24, 2.45) is 0 Å². The molecule has 19 heavy (non-hydrogen) atoms. The van der Waals surface area contributed by atoms with Crippen molar-refractivity contribution in [3.05, 3.63) is 34.3 Å². The second-order valence-corrected chi connectivity index (χ2v) is 6.70. The molecule has 0 amide bonds. The van der Waals surface area contributed by atoms with E-state index in [0.29, 0.717) is 11.6 Å². The molecule has 1 N–H and O–H groups in total. The first-order chi connectivity index (χ1) is 9.10. The van der Waals surface area contributed by atoms with Crippen LogP contribution in [0.25, 0.3) is 0 Å². The number of rotatable bonds is 5. The van der Waals surface area contributed by atoms with Gasteiger partial charge in [0.15, 0.2) is 0 Å². The van der Waals surface area contributed by atoms with Gasteiger partial charge in [-0.05, 0) is 52.0 Å². The Kier molecular flexibility index (Phi) is 5.04. The molecule has 1 saturated carbocycles. The van der Waals surface area contributed by atoms with Gasteiger partial charge < -0.3 is 10.2 Å². The predicted molar refractivity (Wildman–Crippen MR) is 85.6 cm³/mol. The molecule has 0 bridgehead atoms. The van der Waals surface area contributed by atoms with Gasteiger partial charge in [0.05, 0.1) is 0 Å². The van der Waals surface area contributed by atoms with Crippen LogP contribution in [0.4, 0.5) is 0 Å². The zero-order valence-electron chi connectivity index (χ0n) is 12.2. The summed E-state index contributed by atoms with van der Waals surface area (Å²) in [6.07, 6.45) is 6.39. The lowest BCUT2D eigenvalue weighted by Crippen LogP contribution is -2.57. The largest absolute Gasteiger partial charge is 0.315 e. The fraction of sp³-hybridized carbons (Fsp3) is 0.625. The van der Waals surface area contributed by atoms with Crippen LogP contribution in [0.3, 0.4) is 0 Å². The summed E-state index contributed by atoms with van der Waals surface area (Å²) in [4.78, 5) is 2.44. The topological polar surface area (TPSA) is 15.3 Å². The first-order valence-electron chi connectivity index (χ1n) is 7.18. The van der Waals surface area contributed by atoms with Crippen LogP contribution in [-0.2, 0) is 6.42 Å². The summed E-state index contributed by atoms with van der Waals surface area (Å²) in [5, 5.41) is 3.58. The van der Waals surface area contributed by atoms with Gasteiger partial charge in [-0.1, -0.05) is 47.0 Å². The highest BCUT2D eigenvalue weighted by atomic mass is 79.9. The minimum atomic E-state index is 0.310. The molecule has 2 rings (SSSR count). The van der Waals surface area contributed by atoms with Crippen molar-refractivity contribution in [2.75, 3.05) is 21.1 Å². The Morgan fingerprint density at radius 2 is 1.89 bits per heavy atom. The van der Waals surface area contributed by atoms with E-state index in [2.05, 4.69) is 71.6 Å². The van der Waals surface area contributed by atoms with E-state index < -0.39 is 0 Å². The molecule has 1 atom stereocenters. The zero-order chi connectivity index (χ0) is 13.9. The second-order valence-electron chi connectivity index (χ2n) is 5.84. The minimum Gasteiger partial charge on any atom is -0.315 e. The number of likely N-dealkylation sites (N-methyl/N-ethyl adjacent to an activating group) is 2. The molecule has 1 aliphatic rings. The third kappa shape index (κ3) is 3.04. The van der Waals surface area contributed by atoms with E-state index in [1.807, 2.05) is 0 Å². The maximum atomic E-state index is 3.68. The van der Waals surface area contributed by atoms with Gasteiger partial charge in [-0.2, -0.15) is 0 Å². The lowest BCUT2D eigenvalue weighted by Gasteiger charge is -2.43. The summed E-state index contributed by atoms with van der Waals surface area (Å²) in [7, 11) is 6.57. The summed E-state index contributed by atoms with van der Waals surface area (Å²) in [5.41, 5.74) is 1.71. The third-order valence-electron chi connectivity index (χ3n) is 4.74. The molecule has 0 aromatic heterocycles.